The van der Waals surface area contributed by atoms with Crippen LogP contribution in [0.3, 0.4) is 0 Å². The summed E-state index contributed by atoms with van der Waals surface area (Å²) in [5, 5.41) is 2.84. The molecule has 122 valence electrons. The molecule has 1 aromatic carbocycles. The fourth-order valence-corrected chi connectivity index (χ4v) is 2.87. The number of benzene rings is 1. The zero-order valence-electron chi connectivity index (χ0n) is 13.5. The van der Waals surface area contributed by atoms with Crippen molar-refractivity contribution in [2.75, 3.05) is 45.8 Å². The fourth-order valence-electron chi connectivity index (χ4n) is 2.87. The van der Waals surface area contributed by atoms with Gasteiger partial charge in [0, 0.05) is 39.3 Å². The lowest BCUT2D eigenvalue weighted by atomic mass is 10.0. The van der Waals surface area contributed by atoms with E-state index in [0.717, 1.165) is 32.7 Å². The van der Waals surface area contributed by atoms with E-state index in [1.807, 2.05) is 19.1 Å². The number of carbonyl (C=O) groups is 1. The SMILES string of the molecule is CCNC(=O)CN1CCN(C[C@H](C)c2ccc(F)cc2)CC1. The van der Waals surface area contributed by atoms with Crippen LogP contribution in [0.15, 0.2) is 24.3 Å². The molecular formula is C17H26FN3O. The number of likely N-dealkylation sites (N-methyl/N-ethyl adjacent to an activating group) is 1. The topological polar surface area (TPSA) is 35.6 Å². The summed E-state index contributed by atoms with van der Waals surface area (Å²) in [6.45, 7) is 10.1. The van der Waals surface area contributed by atoms with E-state index < -0.39 is 0 Å². The summed E-state index contributed by atoms with van der Waals surface area (Å²) in [4.78, 5) is 16.2. The van der Waals surface area contributed by atoms with E-state index in [4.69, 9.17) is 0 Å². The first-order chi connectivity index (χ1) is 10.6. The van der Waals surface area contributed by atoms with Gasteiger partial charge >= 0.3 is 0 Å². The van der Waals surface area contributed by atoms with Gasteiger partial charge in [-0.2, -0.15) is 0 Å². The molecule has 0 spiro atoms. The summed E-state index contributed by atoms with van der Waals surface area (Å²) in [6, 6.07) is 6.78. The van der Waals surface area contributed by atoms with Crippen molar-refractivity contribution in [2.45, 2.75) is 19.8 Å². The maximum atomic E-state index is 13.0. The molecule has 1 aliphatic heterocycles. The molecule has 0 radical (unpaired) electrons. The Kier molecular flexibility index (Phi) is 6.34. The van der Waals surface area contributed by atoms with Crippen LogP contribution in [0.4, 0.5) is 4.39 Å². The Balaban J connectivity index is 1.75. The lowest BCUT2D eigenvalue weighted by Gasteiger charge is -2.35. The lowest BCUT2D eigenvalue weighted by Crippen LogP contribution is -2.50. The van der Waals surface area contributed by atoms with Crippen molar-refractivity contribution in [3.63, 3.8) is 0 Å². The lowest BCUT2D eigenvalue weighted by molar-refractivity contribution is -0.122. The second-order valence-electron chi connectivity index (χ2n) is 5.98. The van der Waals surface area contributed by atoms with Gasteiger partial charge in [0.25, 0.3) is 0 Å². The van der Waals surface area contributed by atoms with Gasteiger partial charge in [-0.1, -0.05) is 19.1 Å². The minimum absolute atomic E-state index is 0.107. The Labute approximate surface area is 132 Å². The van der Waals surface area contributed by atoms with Gasteiger partial charge in [-0.3, -0.25) is 9.69 Å². The molecule has 0 saturated carbocycles. The first-order valence-electron chi connectivity index (χ1n) is 8.05. The molecule has 0 aromatic heterocycles. The van der Waals surface area contributed by atoms with Crippen LogP contribution in [0.25, 0.3) is 0 Å². The zero-order valence-corrected chi connectivity index (χ0v) is 13.5. The summed E-state index contributed by atoms with van der Waals surface area (Å²) in [7, 11) is 0. The van der Waals surface area contributed by atoms with Gasteiger partial charge in [-0.15, -0.1) is 0 Å². The van der Waals surface area contributed by atoms with Crippen LogP contribution in [-0.4, -0.2) is 61.5 Å². The summed E-state index contributed by atoms with van der Waals surface area (Å²) in [5.74, 6) is 0.307. The van der Waals surface area contributed by atoms with Crippen molar-refractivity contribution < 1.29 is 9.18 Å². The largest absolute Gasteiger partial charge is 0.355 e. The van der Waals surface area contributed by atoms with Gasteiger partial charge < -0.3 is 10.2 Å². The highest BCUT2D eigenvalue weighted by molar-refractivity contribution is 5.77. The zero-order chi connectivity index (χ0) is 15.9. The predicted octanol–water partition coefficient (Wildman–Crippen LogP) is 1.68. The van der Waals surface area contributed by atoms with E-state index in [2.05, 4.69) is 22.0 Å². The molecule has 4 nitrogen and oxygen atoms in total. The number of halogens is 1. The summed E-state index contributed by atoms with van der Waals surface area (Å²) in [6.07, 6.45) is 0. The molecule has 1 N–H and O–H groups in total. The first kappa shape index (κ1) is 16.9. The summed E-state index contributed by atoms with van der Waals surface area (Å²) in [5.41, 5.74) is 1.17. The van der Waals surface area contributed by atoms with Crippen molar-refractivity contribution in [3.8, 4) is 0 Å². The van der Waals surface area contributed by atoms with E-state index in [9.17, 15) is 9.18 Å². The van der Waals surface area contributed by atoms with E-state index in [-0.39, 0.29) is 11.7 Å². The molecule has 1 aliphatic rings. The third-order valence-corrected chi connectivity index (χ3v) is 4.18. The smallest absolute Gasteiger partial charge is 0.234 e. The van der Waals surface area contributed by atoms with Crippen LogP contribution in [0.2, 0.25) is 0 Å². The van der Waals surface area contributed by atoms with Crippen LogP contribution >= 0.6 is 0 Å². The van der Waals surface area contributed by atoms with Crippen molar-refractivity contribution >= 4 is 5.91 Å². The summed E-state index contributed by atoms with van der Waals surface area (Å²) < 4.78 is 13.0. The highest BCUT2D eigenvalue weighted by atomic mass is 19.1. The Bertz CT molecular complexity index is 469. The number of amides is 1. The minimum atomic E-state index is -0.185. The predicted molar refractivity (Wildman–Crippen MR) is 86.4 cm³/mol. The molecule has 22 heavy (non-hydrogen) atoms. The molecule has 1 saturated heterocycles. The van der Waals surface area contributed by atoms with Gasteiger partial charge in [0.1, 0.15) is 5.82 Å². The summed E-state index contributed by atoms with van der Waals surface area (Å²) >= 11 is 0. The fraction of sp³-hybridized carbons (Fsp3) is 0.588. The average molecular weight is 307 g/mol. The highest BCUT2D eigenvalue weighted by Gasteiger charge is 2.20. The molecule has 0 bridgehead atoms. The molecule has 1 fully saturated rings. The van der Waals surface area contributed by atoms with Crippen molar-refractivity contribution in [1.82, 2.24) is 15.1 Å². The standard InChI is InChI=1S/C17H26FN3O/c1-3-19-17(22)13-21-10-8-20(9-11-21)12-14(2)15-4-6-16(18)7-5-15/h4-7,14H,3,8-13H2,1-2H3,(H,19,22)/t14-/m0/s1. The molecule has 2 rings (SSSR count). The monoisotopic (exact) mass is 307 g/mol. The number of rotatable bonds is 6. The van der Waals surface area contributed by atoms with Crippen molar-refractivity contribution in [2.24, 2.45) is 0 Å². The van der Waals surface area contributed by atoms with Gasteiger partial charge in [0.15, 0.2) is 0 Å². The first-order valence-corrected chi connectivity index (χ1v) is 8.05. The van der Waals surface area contributed by atoms with Crippen LogP contribution in [-0.2, 0) is 4.79 Å². The second kappa shape index (κ2) is 8.25. The van der Waals surface area contributed by atoms with Gasteiger partial charge in [-0.25, -0.2) is 4.39 Å². The molecule has 1 aromatic rings. The number of nitrogens with zero attached hydrogens (tertiary/aromatic N) is 2. The number of hydrogen-bond acceptors (Lipinski definition) is 3. The molecular weight excluding hydrogens is 281 g/mol. The van der Waals surface area contributed by atoms with E-state index in [1.54, 1.807) is 0 Å². The number of carbonyl (C=O) groups excluding carboxylic acids is 1. The third-order valence-electron chi connectivity index (χ3n) is 4.18. The molecule has 1 heterocycles. The van der Waals surface area contributed by atoms with Crippen LogP contribution in [0.5, 0.6) is 0 Å². The minimum Gasteiger partial charge on any atom is -0.355 e. The van der Waals surface area contributed by atoms with Crippen LogP contribution in [0.1, 0.15) is 25.3 Å². The number of hydrogen-bond donors (Lipinski definition) is 1. The molecule has 1 atom stereocenters. The van der Waals surface area contributed by atoms with Gasteiger partial charge in [0.05, 0.1) is 6.54 Å². The number of piperazine rings is 1. The average Bonchev–Trinajstić information content (AvgIpc) is 2.50. The Morgan fingerprint density at radius 2 is 1.77 bits per heavy atom. The third kappa shape index (κ3) is 5.07. The second-order valence-corrected chi connectivity index (χ2v) is 5.98. The van der Waals surface area contributed by atoms with E-state index in [1.165, 1.54) is 17.7 Å². The number of nitrogens with one attached hydrogen (secondary N) is 1. The van der Waals surface area contributed by atoms with Crippen LogP contribution < -0.4 is 5.32 Å². The molecule has 5 heteroatoms. The van der Waals surface area contributed by atoms with Gasteiger partial charge in [0.2, 0.25) is 5.91 Å². The Hall–Kier alpha value is -1.46. The quantitative estimate of drug-likeness (QED) is 0.868. The normalized spacial score (nSPS) is 18.1. The molecule has 0 unspecified atom stereocenters. The maximum absolute atomic E-state index is 13.0. The van der Waals surface area contributed by atoms with E-state index in [0.29, 0.717) is 19.0 Å². The Morgan fingerprint density at radius 3 is 2.36 bits per heavy atom. The van der Waals surface area contributed by atoms with Crippen molar-refractivity contribution in [1.29, 1.82) is 0 Å². The van der Waals surface area contributed by atoms with Gasteiger partial charge in [-0.05, 0) is 30.5 Å². The molecule has 0 aliphatic carbocycles. The van der Waals surface area contributed by atoms with E-state index >= 15 is 0 Å². The maximum Gasteiger partial charge on any atom is 0.234 e. The molecule has 1 amide bonds. The highest BCUT2D eigenvalue weighted by Crippen LogP contribution is 2.17. The van der Waals surface area contributed by atoms with Crippen molar-refractivity contribution in [3.05, 3.63) is 35.6 Å². The Morgan fingerprint density at radius 1 is 1.18 bits per heavy atom. The van der Waals surface area contributed by atoms with Crippen LogP contribution in [0, 0.1) is 5.82 Å².